The molecule has 1 rings (SSSR count). The van der Waals surface area contributed by atoms with E-state index in [1.807, 2.05) is 0 Å². The predicted molar refractivity (Wildman–Crippen MR) is 40.6 cm³/mol. The molecule has 0 unspecified atom stereocenters. The molecule has 0 aliphatic rings. The maximum absolute atomic E-state index is 2.58. The number of hydrogen-bond donors (Lipinski definition) is 0. The van der Waals surface area contributed by atoms with Gasteiger partial charge in [0.25, 0.3) is 0 Å². The SMILES string of the molecule is Cc1cccc(C[As])c1. The molecule has 46 valence electrons. The Morgan fingerprint density at radius 3 is 2.67 bits per heavy atom. The normalized spacial score (nSPS) is 9.56. The number of hydrogen-bond acceptors (Lipinski definition) is 0. The van der Waals surface area contributed by atoms with Gasteiger partial charge in [0.15, 0.2) is 0 Å². The molecule has 2 radical (unpaired) electrons. The van der Waals surface area contributed by atoms with Crippen LogP contribution in [0.1, 0.15) is 11.1 Å². The van der Waals surface area contributed by atoms with Crippen LogP contribution in [0.5, 0.6) is 0 Å². The fraction of sp³-hybridized carbons (Fsp3) is 0.250. The summed E-state index contributed by atoms with van der Waals surface area (Å²) in [4.78, 5) is 0. The van der Waals surface area contributed by atoms with Gasteiger partial charge >= 0.3 is 64.4 Å². The molecule has 0 amide bonds. The van der Waals surface area contributed by atoms with Gasteiger partial charge in [-0.15, -0.1) is 0 Å². The summed E-state index contributed by atoms with van der Waals surface area (Å²) in [7, 11) is 0. The van der Waals surface area contributed by atoms with E-state index in [1.54, 1.807) is 0 Å². The van der Waals surface area contributed by atoms with E-state index in [4.69, 9.17) is 0 Å². The molecule has 0 N–H and O–H groups in total. The van der Waals surface area contributed by atoms with Crippen LogP contribution in [0.3, 0.4) is 0 Å². The van der Waals surface area contributed by atoms with E-state index in [-0.39, 0.29) is 0 Å². The second kappa shape index (κ2) is 3.08. The van der Waals surface area contributed by atoms with Crippen LogP contribution in [-0.2, 0) is 5.21 Å². The third kappa shape index (κ3) is 1.87. The van der Waals surface area contributed by atoms with Gasteiger partial charge in [-0.2, -0.15) is 0 Å². The maximum atomic E-state index is 2.58. The summed E-state index contributed by atoms with van der Waals surface area (Å²) in [6.45, 7) is 2.12. The van der Waals surface area contributed by atoms with Crippen molar-refractivity contribution in [1.82, 2.24) is 0 Å². The van der Waals surface area contributed by atoms with Gasteiger partial charge < -0.3 is 0 Å². The van der Waals surface area contributed by atoms with E-state index in [9.17, 15) is 0 Å². The number of aryl methyl sites for hydroxylation is 1. The molecule has 1 heteroatoms. The molecule has 1 aromatic rings. The minimum absolute atomic E-state index is 1.08. The van der Waals surface area contributed by atoms with Crippen LogP contribution >= 0.6 is 0 Å². The Balaban J connectivity index is 2.94. The van der Waals surface area contributed by atoms with Gasteiger partial charge in [-0.1, -0.05) is 0 Å². The zero-order valence-corrected chi connectivity index (χ0v) is 7.34. The van der Waals surface area contributed by atoms with Crippen LogP contribution < -0.4 is 0 Å². The van der Waals surface area contributed by atoms with Crippen LogP contribution in [0, 0.1) is 6.92 Å². The summed E-state index contributed by atoms with van der Waals surface area (Å²) in [5.41, 5.74) is 2.74. The topological polar surface area (TPSA) is 0 Å². The molecule has 0 atom stereocenters. The minimum atomic E-state index is 1.08. The summed E-state index contributed by atoms with van der Waals surface area (Å²) in [6, 6.07) is 8.56. The molecule has 0 aliphatic heterocycles. The molecule has 0 saturated carbocycles. The van der Waals surface area contributed by atoms with Gasteiger partial charge in [0.05, 0.1) is 0 Å². The van der Waals surface area contributed by atoms with Crippen LogP contribution in [0.4, 0.5) is 0 Å². The first-order valence-electron chi connectivity index (χ1n) is 2.99. The van der Waals surface area contributed by atoms with Gasteiger partial charge in [-0.05, 0) is 0 Å². The molecule has 1 aromatic carbocycles. The summed E-state index contributed by atoms with van der Waals surface area (Å²) in [5, 5.41) is 1.08. The summed E-state index contributed by atoms with van der Waals surface area (Å²) in [6.07, 6.45) is 0. The Bertz CT molecular complexity index is 194. The molecular weight excluding hydrogens is 171 g/mol. The van der Waals surface area contributed by atoms with Crippen molar-refractivity contribution in [1.29, 1.82) is 0 Å². The first-order chi connectivity index (χ1) is 4.33. The molecule has 0 bridgehead atoms. The summed E-state index contributed by atoms with van der Waals surface area (Å²) in [5.74, 6) is 0. The van der Waals surface area contributed by atoms with Gasteiger partial charge in [0, 0.05) is 0 Å². The standard InChI is InChI=1S/C8H9As/c1-7-3-2-4-8(5-7)6-9/h2-5H,6H2,1H3. The number of rotatable bonds is 1. The molecular formula is C8H9As. The zero-order chi connectivity index (χ0) is 6.69. The van der Waals surface area contributed by atoms with Crippen molar-refractivity contribution in [2.24, 2.45) is 0 Å². The third-order valence-electron chi connectivity index (χ3n) is 1.27. The Labute approximate surface area is 64.8 Å². The van der Waals surface area contributed by atoms with Crippen LogP contribution in [0.2, 0.25) is 0 Å². The Hall–Kier alpha value is -0.222. The molecule has 0 spiro atoms. The van der Waals surface area contributed by atoms with E-state index >= 15 is 0 Å². The van der Waals surface area contributed by atoms with Gasteiger partial charge in [0.1, 0.15) is 0 Å². The van der Waals surface area contributed by atoms with E-state index in [1.165, 1.54) is 11.1 Å². The van der Waals surface area contributed by atoms with Crippen molar-refractivity contribution in [2.45, 2.75) is 12.1 Å². The van der Waals surface area contributed by atoms with Gasteiger partial charge in [0.2, 0.25) is 0 Å². The fourth-order valence-corrected chi connectivity index (χ4v) is 1.22. The molecule has 0 aromatic heterocycles. The summed E-state index contributed by atoms with van der Waals surface area (Å²) >= 11 is 2.58. The average Bonchev–Trinajstić information content (AvgIpc) is 1.88. The van der Waals surface area contributed by atoms with Crippen molar-refractivity contribution in [3.63, 3.8) is 0 Å². The first-order valence-corrected chi connectivity index (χ1v) is 4.32. The van der Waals surface area contributed by atoms with E-state index < -0.39 is 0 Å². The van der Waals surface area contributed by atoms with Crippen molar-refractivity contribution >= 4 is 16.9 Å². The van der Waals surface area contributed by atoms with Gasteiger partial charge in [-0.25, -0.2) is 0 Å². The van der Waals surface area contributed by atoms with Crippen molar-refractivity contribution in [2.75, 3.05) is 0 Å². The summed E-state index contributed by atoms with van der Waals surface area (Å²) < 4.78 is 0. The zero-order valence-electron chi connectivity index (χ0n) is 5.46. The third-order valence-corrected chi connectivity index (χ3v) is 2.03. The fourth-order valence-electron chi connectivity index (χ4n) is 0.810. The van der Waals surface area contributed by atoms with E-state index in [0.29, 0.717) is 0 Å². The monoisotopic (exact) mass is 180 g/mol. The molecule has 0 aliphatic carbocycles. The predicted octanol–water partition coefficient (Wildman–Crippen LogP) is 1.66. The van der Waals surface area contributed by atoms with Crippen LogP contribution in [0.25, 0.3) is 0 Å². The van der Waals surface area contributed by atoms with E-state index in [2.05, 4.69) is 48.0 Å². The second-order valence-electron chi connectivity index (χ2n) is 2.15. The molecule has 0 fully saturated rings. The Morgan fingerprint density at radius 1 is 1.44 bits per heavy atom. The van der Waals surface area contributed by atoms with Crippen LogP contribution in [0.15, 0.2) is 24.3 Å². The quantitative estimate of drug-likeness (QED) is 0.576. The molecule has 9 heavy (non-hydrogen) atoms. The van der Waals surface area contributed by atoms with Crippen molar-refractivity contribution in [3.05, 3.63) is 35.4 Å². The molecule has 0 nitrogen and oxygen atoms in total. The second-order valence-corrected chi connectivity index (χ2v) is 2.81. The van der Waals surface area contributed by atoms with E-state index in [0.717, 1.165) is 5.21 Å². The first kappa shape index (κ1) is 6.89. The van der Waals surface area contributed by atoms with Crippen molar-refractivity contribution < 1.29 is 0 Å². The Morgan fingerprint density at radius 2 is 2.22 bits per heavy atom. The molecule has 0 heterocycles. The van der Waals surface area contributed by atoms with Gasteiger partial charge in [-0.3, -0.25) is 0 Å². The van der Waals surface area contributed by atoms with Crippen molar-refractivity contribution in [3.8, 4) is 0 Å². The number of benzene rings is 1. The average molecular weight is 180 g/mol. The van der Waals surface area contributed by atoms with Crippen LogP contribution in [-0.4, -0.2) is 16.9 Å². The Kier molecular flexibility index (Phi) is 2.36. The molecule has 0 saturated heterocycles.